The summed E-state index contributed by atoms with van der Waals surface area (Å²) in [5.41, 5.74) is 8.09. The lowest BCUT2D eigenvalue weighted by molar-refractivity contribution is 0.105. The molecule has 4 nitrogen and oxygen atoms in total. The van der Waals surface area contributed by atoms with Gasteiger partial charge in [-0.15, -0.1) is 0 Å². The first-order chi connectivity index (χ1) is 10.1. The van der Waals surface area contributed by atoms with Gasteiger partial charge < -0.3 is 15.6 Å². The van der Waals surface area contributed by atoms with E-state index >= 15 is 0 Å². The van der Waals surface area contributed by atoms with Crippen molar-refractivity contribution in [3.63, 3.8) is 0 Å². The first-order valence-corrected chi connectivity index (χ1v) is 7.23. The first-order valence-electron chi connectivity index (χ1n) is 6.86. The van der Waals surface area contributed by atoms with Crippen molar-refractivity contribution < 1.29 is 9.84 Å². The summed E-state index contributed by atoms with van der Waals surface area (Å²) in [6.45, 7) is 0. The first kappa shape index (κ1) is 14.0. The lowest BCUT2D eigenvalue weighted by Gasteiger charge is -2.34. The van der Waals surface area contributed by atoms with E-state index in [1.54, 1.807) is 6.07 Å². The molecule has 0 amide bonds. The highest BCUT2D eigenvalue weighted by atomic mass is 35.5. The average Bonchev–Trinajstić information content (AvgIpc) is 2.47. The Bertz CT molecular complexity index is 688. The van der Waals surface area contributed by atoms with E-state index in [1.165, 1.54) is 0 Å². The van der Waals surface area contributed by atoms with Crippen molar-refractivity contribution in [3.8, 4) is 6.07 Å². The zero-order chi connectivity index (χ0) is 15.0. The summed E-state index contributed by atoms with van der Waals surface area (Å²) in [6.07, 6.45) is 1.63. The quantitative estimate of drug-likeness (QED) is 0.836. The van der Waals surface area contributed by atoms with Gasteiger partial charge in [-0.2, -0.15) is 5.26 Å². The number of hydrogen-bond acceptors (Lipinski definition) is 4. The topological polar surface area (TPSA) is 79.3 Å². The van der Waals surface area contributed by atoms with Crippen LogP contribution in [0.3, 0.4) is 0 Å². The largest absolute Gasteiger partial charge is 0.442 e. The fourth-order valence-electron chi connectivity index (χ4n) is 3.04. The Kier molecular flexibility index (Phi) is 3.62. The molecule has 108 valence electrons. The molecule has 21 heavy (non-hydrogen) atoms. The highest BCUT2D eigenvalue weighted by molar-refractivity contribution is 6.30. The maximum absolute atomic E-state index is 10.1. The van der Waals surface area contributed by atoms with E-state index in [9.17, 15) is 10.4 Å². The van der Waals surface area contributed by atoms with Crippen molar-refractivity contribution in [2.45, 2.75) is 31.3 Å². The number of nitriles is 1. The number of aliphatic hydroxyl groups is 1. The highest BCUT2D eigenvalue weighted by Crippen LogP contribution is 2.44. The molecular formula is C16H15ClN2O2. The van der Waals surface area contributed by atoms with Gasteiger partial charge in [-0.25, -0.2) is 0 Å². The standard InChI is InChI=1S/C16H15ClN2O2/c17-10-4-1-3-9(7-10)14-11-5-2-6-13(20)15(11)21-16(19)12(14)8-18/h1,3-4,7,13-14,20H,2,5-6,19H2/t13-,14-/m0/s1. The molecule has 0 radical (unpaired) electrons. The number of rotatable bonds is 1. The molecule has 0 saturated carbocycles. The molecule has 1 aromatic carbocycles. The Hall–Kier alpha value is -1.96. The van der Waals surface area contributed by atoms with Crippen LogP contribution in [0.1, 0.15) is 30.7 Å². The van der Waals surface area contributed by atoms with E-state index in [1.807, 2.05) is 18.2 Å². The third-order valence-corrected chi connectivity index (χ3v) is 4.20. The van der Waals surface area contributed by atoms with Crippen molar-refractivity contribution in [2.24, 2.45) is 5.73 Å². The molecule has 1 aliphatic carbocycles. The molecule has 0 unspecified atom stereocenters. The van der Waals surface area contributed by atoms with Gasteiger partial charge in [-0.1, -0.05) is 23.7 Å². The Morgan fingerprint density at radius 2 is 2.24 bits per heavy atom. The third kappa shape index (κ3) is 2.39. The van der Waals surface area contributed by atoms with Crippen LogP contribution in [0.5, 0.6) is 0 Å². The molecule has 2 aliphatic rings. The van der Waals surface area contributed by atoms with Gasteiger partial charge in [-0.05, 0) is 42.5 Å². The maximum atomic E-state index is 10.1. The molecule has 0 bridgehead atoms. The Morgan fingerprint density at radius 1 is 1.43 bits per heavy atom. The summed E-state index contributed by atoms with van der Waals surface area (Å²) >= 11 is 6.07. The number of hydrogen-bond donors (Lipinski definition) is 2. The number of halogens is 1. The second-order valence-electron chi connectivity index (χ2n) is 5.28. The van der Waals surface area contributed by atoms with Gasteiger partial charge in [0, 0.05) is 10.9 Å². The normalized spacial score (nSPS) is 25.2. The molecule has 0 saturated heterocycles. The average molecular weight is 303 g/mol. The Balaban J connectivity index is 2.16. The summed E-state index contributed by atoms with van der Waals surface area (Å²) in [5, 5.41) is 20.2. The highest BCUT2D eigenvalue weighted by Gasteiger charge is 2.36. The van der Waals surface area contributed by atoms with Crippen LogP contribution in [-0.2, 0) is 4.74 Å². The van der Waals surface area contributed by atoms with Crippen LogP contribution >= 0.6 is 11.6 Å². The smallest absolute Gasteiger partial charge is 0.205 e. The molecule has 1 aromatic rings. The molecule has 5 heteroatoms. The van der Waals surface area contributed by atoms with Gasteiger partial charge in [0.05, 0.1) is 0 Å². The summed E-state index contributed by atoms with van der Waals surface area (Å²) in [6, 6.07) is 9.51. The van der Waals surface area contributed by atoms with E-state index in [0.29, 0.717) is 22.8 Å². The van der Waals surface area contributed by atoms with E-state index in [0.717, 1.165) is 24.0 Å². The SMILES string of the molecule is N#CC1=C(N)OC2=C(CCC[C@@H]2O)[C@@H]1c1cccc(Cl)c1. The molecular weight excluding hydrogens is 288 g/mol. The zero-order valence-corrected chi connectivity index (χ0v) is 12.1. The summed E-state index contributed by atoms with van der Waals surface area (Å²) in [7, 11) is 0. The second-order valence-corrected chi connectivity index (χ2v) is 5.71. The van der Waals surface area contributed by atoms with Crippen LogP contribution < -0.4 is 5.73 Å². The van der Waals surface area contributed by atoms with Crippen LogP contribution in [-0.4, -0.2) is 11.2 Å². The van der Waals surface area contributed by atoms with Crippen molar-refractivity contribution in [3.05, 3.63) is 57.6 Å². The summed E-state index contributed by atoms with van der Waals surface area (Å²) in [5.74, 6) is 0.289. The fraction of sp³-hybridized carbons (Fsp3) is 0.312. The number of ether oxygens (including phenoxy) is 1. The van der Waals surface area contributed by atoms with Gasteiger partial charge in [0.15, 0.2) is 0 Å². The van der Waals surface area contributed by atoms with Crippen molar-refractivity contribution in [1.29, 1.82) is 5.26 Å². The van der Waals surface area contributed by atoms with Crippen molar-refractivity contribution in [2.75, 3.05) is 0 Å². The lowest BCUT2D eigenvalue weighted by atomic mass is 9.78. The Morgan fingerprint density at radius 3 is 2.95 bits per heavy atom. The van der Waals surface area contributed by atoms with Crippen molar-refractivity contribution >= 4 is 11.6 Å². The van der Waals surface area contributed by atoms with Crippen LogP contribution in [0, 0.1) is 11.3 Å². The summed E-state index contributed by atoms with van der Waals surface area (Å²) in [4.78, 5) is 0. The van der Waals surface area contributed by atoms with Crippen LogP contribution in [0.25, 0.3) is 0 Å². The van der Waals surface area contributed by atoms with Gasteiger partial charge in [0.2, 0.25) is 5.88 Å². The zero-order valence-electron chi connectivity index (χ0n) is 11.3. The number of nitrogens with zero attached hydrogens (tertiary/aromatic N) is 1. The number of aliphatic hydroxyl groups excluding tert-OH is 1. The van der Waals surface area contributed by atoms with E-state index in [4.69, 9.17) is 22.1 Å². The van der Waals surface area contributed by atoms with Crippen LogP contribution in [0.4, 0.5) is 0 Å². The predicted octanol–water partition coefficient (Wildman–Crippen LogP) is 2.95. The van der Waals surface area contributed by atoms with E-state index in [2.05, 4.69) is 6.07 Å². The van der Waals surface area contributed by atoms with Gasteiger partial charge in [0.25, 0.3) is 0 Å². The van der Waals surface area contributed by atoms with Gasteiger partial charge in [-0.3, -0.25) is 0 Å². The number of allylic oxidation sites excluding steroid dienone is 2. The molecule has 3 rings (SSSR count). The van der Waals surface area contributed by atoms with Gasteiger partial charge in [0.1, 0.15) is 23.5 Å². The molecule has 0 aromatic heterocycles. The molecule has 2 atom stereocenters. The lowest BCUT2D eigenvalue weighted by Crippen LogP contribution is -2.29. The van der Waals surface area contributed by atoms with Gasteiger partial charge >= 0.3 is 0 Å². The molecule has 1 heterocycles. The fourth-order valence-corrected chi connectivity index (χ4v) is 3.24. The van der Waals surface area contributed by atoms with E-state index < -0.39 is 6.10 Å². The number of nitrogens with two attached hydrogens (primary N) is 1. The van der Waals surface area contributed by atoms with E-state index in [-0.39, 0.29) is 11.8 Å². The Labute approximate surface area is 128 Å². The molecule has 3 N–H and O–H groups in total. The second kappa shape index (κ2) is 5.44. The minimum absolute atomic E-state index is 0.0715. The predicted molar refractivity (Wildman–Crippen MR) is 79.0 cm³/mol. The van der Waals surface area contributed by atoms with Crippen LogP contribution in [0.2, 0.25) is 5.02 Å². The number of benzene rings is 1. The minimum atomic E-state index is -0.658. The van der Waals surface area contributed by atoms with Crippen LogP contribution in [0.15, 0.2) is 47.1 Å². The maximum Gasteiger partial charge on any atom is 0.205 e. The molecule has 1 aliphatic heterocycles. The minimum Gasteiger partial charge on any atom is -0.442 e. The van der Waals surface area contributed by atoms with Crippen molar-refractivity contribution in [1.82, 2.24) is 0 Å². The summed E-state index contributed by atoms with van der Waals surface area (Å²) < 4.78 is 5.52. The third-order valence-electron chi connectivity index (χ3n) is 3.97. The molecule has 0 fully saturated rings. The monoisotopic (exact) mass is 302 g/mol. The molecule has 0 spiro atoms.